The Hall–Kier alpha value is -3.25. The highest BCUT2D eigenvalue weighted by atomic mass is 32.2. The predicted molar refractivity (Wildman–Crippen MR) is 165 cm³/mol. The van der Waals surface area contributed by atoms with Gasteiger partial charge in [0.15, 0.2) is 0 Å². The lowest BCUT2D eigenvalue weighted by molar-refractivity contribution is -1.08. The molecule has 44 heavy (non-hydrogen) atoms. The number of hydrogen-bond acceptors (Lipinski definition) is 5. The Morgan fingerprint density at radius 2 is 1.68 bits per heavy atom. The number of aliphatic carboxylic acids is 1. The van der Waals surface area contributed by atoms with Gasteiger partial charge in [0.2, 0.25) is 5.91 Å². The third kappa shape index (κ3) is 4.19. The van der Waals surface area contributed by atoms with E-state index in [4.69, 9.17) is 0 Å². The minimum atomic E-state index is -4.04. The lowest BCUT2D eigenvalue weighted by Crippen LogP contribution is -2.75. The number of aliphatic hydroxyl groups excluding tert-OH is 1. The van der Waals surface area contributed by atoms with Crippen LogP contribution in [0.15, 0.2) is 58.6 Å². The molecule has 2 bridgehead atoms. The number of nitrogens with zero attached hydrogens (tertiary/aromatic N) is 4. The monoisotopic (exact) mass is 622 g/mol. The summed E-state index contributed by atoms with van der Waals surface area (Å²) in [5.41, 5.74) is 3.28. The molecule has 2 N–H and O–H groups in total. The molecule has 11 heteroatoms. The van der Waals surface area contributed by atoms with Crippen LogP contribution in [0.4, 0.5) is 5.69 Å². The van der Waals surface area contributed by atoms with Crippen LogP contribution < -0.4 is 4.31 Å². The van der Waals surface area contributed by atoms with E-state index in [1.54, 1.807) is 18.2 Å². The van der Waals surface area contributed by atoms with Gasteiger partial charge in [0.1, 0.15) is 45.0 Å². The number of quaternary nitrogens is 2. The van der Waals surface area contributed by atoms with Crippen molar-refractivity contribution in [2.45, 2.75) is 44.2 Å². The molecule has 4 unspecified atom stereocenters. The number of hydrogen-bond donors (Lipinski definition) is 2. The summed E-state index contributed by atoms with van der Waals surface area (Å²) in [6, 6.07) is 12.5. The maximum Gasteiger partial charge on any atom is 0.352 e. The summed E-state index contributed by atoms with van der Waals surface area (Å²) in [7, 11) is -4.04. The van der Waals surface area contributed by atoms with Crippen molar-refractivity contribution in [3.63, 3.8) is 0 Å². The van der Waals surface area contributed by atoms with E-state index < -0.39 is 45.9 Å². The van der Waals surface area contributed by atoms with Crippen LogP contribution in [-0.4, -0.2) is 115 Å². The molecule has 6 aliphatic heterocycles. The number of β-lactam (4-membered cyclic amide) rings is 1. The van der Waals surface area contributed by atoms with Crippen molar-refractivity contribution in [3.8, 4) is 11.1 Å². The average Bonchev–Trinajstić information content (AvgIpc) is 3.26. The summed E-state index contributed by atoms with van der Waals surface area (Å²) in [6.07, 6.45) is -0.0484. The smallest absolute Gasteiger partial charge is 0.352 e. The summed E-state index contributed by atoms with van der Waals surface area (Å²) in [5.74, 6) is -2.85. The average molecular weight is 623 g/mol. The van der Waals surface area contributed by atoms with E-state index in [2.05, 4.69) is 6.92 Å². The van der Waals surface area contributed by atoms with Crippen LogP contribution >= 0.6 is 0 Å². The number of carboxylic acid groups (broad SMARTS) is 1. The standard InChI is InChI=1S/C33H41N4O6S/c1-4-36-13-16-37(17-14-36,18-15-36)12-11-23-9-10-28-25(19-23)24-7-5-6-8-27(24)34(44(28,42)43)20-26-21(2)30-29(22(3)38)32(39)35(30)31(26)33(40)41/h5-10,19,21-22,29-30,38H,4,11-18,20H2,1-3H3/q+1/p+1. The highest BCUT2D eigenvalue weighted by Crippen LogP contribution is 2.49. The minimum absolute atomic E-state index is 0.170. The first-order valence-electron chi connectivity index (χ1n) is 15.8. The lowest BCUT2D eigenvalue weighted by atomic mass is 9.77. The Balaban J connectivity index is 1.20. The Kier molecular flexibility index (Phi) is 6.78. The second-order valence-corrected chi connectivity index (χ2v) is 15.4. The number of piperazine rings is 3. The van der Waals surface area contributed by atoms with E-state index in [0.29, 0.717) is 16.8 Å². The molecule has 4 atom stereocenters. The first kappa shape index (κ1) is 29.5. The molecule has 0 saturated carbocycles. The summed E-state index contributed by atoms with van der Waals surface area (Å²) in [5, 5.41) is 20.4. The minimum Gasteiger partial charge on any atom is -0.477 e. The third-order valence-corrected chi connectivity index (χ3v) is 13.4. The lowest BCUT2D eigenvalue weighted by Gasteiger charge is -2.55. The zero-order valence-corrected chi connectivity index (χ0v) is 26.5. The quantitative estimate of drug-likeness (QED) is 0.345. The van der Waals surface area contributed by atoms with Gasteiger partial charge < -0.3 is 24.1 Å². The Morgan fingerprint density at radius 3 is 2.32 bits per heavy atom. The number of para-hydroxylation sites is 1. The van der Waals surface area contributed by atoms with Crippen molar-refractivity contribution in [3.05, 3.63) is 59.3 Å². The molecule has 0 radical (unpaired) electrons. The summed E-state index contributed by atoms with van der Waals surface area (Å²) < 4.78 is 32.2. The number of likely N-dealkylation sites (N-methyl/N-ethyl adjacent to an activating group) is 1. The fraction of sp³-hybridized carbons (Fsp3) is 0.515. The third-order valence-electron chi connectivity index (χ3n) is 11.6. The molecule has 234 valence electrons. The van der Waals surface area contributed by atoms with Crippen molar-refractivity contribution in [2.75, 3.05) is 63.2 Å². The molecule has 6 aliphatic rings. The number of fused-ring (bicyclic) bond motifs is 7. The van der Waals surface area contributed by atoms with Crippen LogP contribution in [0, 0.1) is 11.8 Å². The number of carboxylic acids is 1. The van der Waals surface area contributed by atoms with Crippen molar-refractivity contribution in [1.29, 1.82) is 0 Å². The molecule has 10 nitrogen and oxygen atoms in total. The zero-order valence-electron chi connectivity index (χ0n) is 25.6. The molecule has 0 aliphatic carbocycles. The summed E-state index contributed by atoms with van der Waals surface area (Å²) in [6.45, 7) is 15.1. The number of rotatable bonds is 8. The Morgan fingerprint density at radius 1 is 1.02 bits per heavy atom. The van der Waals surface area contributed by atoms with E-state index in [-0.39, 0.29) is 17.1 Å². The van der Waals surface area contributed by atoms with Gasteiger partial charge in [-0.1, -0.05) is 31.2 Å². The van der Waals surface area contributed by atoms with Crippen LogP contribution in [-0.2, 0) is 26.0 Å². The molecule has 6 heterocycles. The Bertz CT molecular complexity index is 1680. The first-order valence-corrected chi connectivity index (χ1v) is 17.3. The number of anilines is 1. The molecule has 8 rings (SSSR count). The molecule has 2 aromatic rings. The zero-order chi connectivity index (χ0) is 31.2. The van der Waals surface area contributed by atoms with Crippen LogP contribution in [0.2, 0.25) is 0 Å². The van der Waals surface area contributed by atoms with Crippen molar-refractivity contribution < 1.29 is 37.2 Å². The van der Waals surface area contributed by atoms with Gasteiger partial charge in [0.25, 0.3) is 10.0 Å². The number of carbonyl (C=O) groups excluding carboxylic acids is 1. The van der Waals surface area contributed by atoms with Crippen molar-refractivity contribution in [1.82, 2.24) is 4.90 Å². The number of sulfonamides is 1. The number of aliphatic hydroxyl groups is 1. The maximum atomic E-state index is 14.3. The fourth-order valence-electron chi connectivity index (χ4n) is 8.63. The normalized spacial score (nSPS) is 32.2. The van der Waals surface area contributed by atoms with Gasteiger partial charge in [-0.15, -0.1) is 0 Å². The van der Waals surface area contributed by atoms with Crippen LogP contribution in [0.25, 0.3) is 11.1 Å². The van der Waals surface area contributed by atoms with E-state index in [1.807, 2.05) is 31.2 Å². The molecule has 4 fully saturated rings. The predicted octanol–water partition coefficient (Wildman–Crippen LogP) is 2.28. The molecular formula is C33H42N4O6S+2. The maximum absolute atomic E-state index is 14.3. The molecule has 2 aromatic carbocycles. The van der Waals surface area contributed by atoms with Gasteiger partial charge in [-0.25, -0.2) is 13.2 Å². The molecule has 1 amide bonds. The Labute approximate surface area is 259 Å². The first-order chi connectivity index (χ1) is 20.9. The fourth-order valence-corrected chi connectivity index (χ4v) is 10.3. The second kappa shape index (κ2) is 10.1. The molecule has 0 spiro atoms. The van der Waals surface area contributed by atoms with Crippen LogP contribution in [0.1, 0.15) is 26.3 Å². The molecule has 4 saturated heterocycles. The van der Waals surface area contributed by atoms with Gasteiger partial charge in [0, 0.05) is 23.5 Å². The second-order valence-electron chi connectivity index (χ2n) is 13.6. The van der Waals surface area contributed by atoms with Gasteiger partial charge >= 0.3 is 5.97 Å². The van der Waals surface area contributed by atoms with E-state index >= 15 is 0 Å². The van der Waals surface area contributed by atoms with Gasteiger partial charge in [-0.05, 0) is 43.2 Å². The van der Waals surface area contributed by atoms with Gasteiger partial charge in [-0.2, -0.15) is 0 Å². The van der Waals surface area contributed by atoms with Crippen molar-refractivity contribution in [2.24, 2.45) is 11.8 Å². The highest BCUT2D eigenvalue weighted by Gasteiger charge is 2.60. The summed E-state index contributed by atoms with van der Waals surface area (Å²) in [4.78, 5) is 26.7. The number of benzene rings is 2. The van der Waals surface area contributed by atoms with Crippen LogP contribution in [0.5, 0.6) is 0 Å². The molecular weight excluding hydrogens is 580 g/mol. The van der Waals surface area contributed by atoms with E-state index in [1.165, 1.54) is 66.4 Å². The SMILES string of the molecule is CC[N+]12CC[N+](CCc3ccc4c(c3)-c3ccccc3N(CC3=C(C(=O)O)N5C(=O)C(C(C)O)C5C3C)S4(=O)=O)(CC1)CC2. The van der Waals surface area contributed by atoms with Crippen molar-refractivity contribution >= 4 is 27.6 Å². The van der Waals surface area contributed by atoms with Crippen LogP contribution in [0.3, 0.4) is 0 Å². The van der Waals surface area contributed by atoms with Gasteiger partial charge in [0.05, 0.1) is 48.3 Å². The largest absolute Gasteiger partial charge is 0.477 e. The summed E-state index contributed by atoms with van der Waals surface area (Å²) >= 11 is 0. The van der Waals surface area contributed by atoms with E-state index in [9.17, 15) is 28.2 Å². The molecule has 0 aromatic heterocycles. The topological polar surface area (TPSA) is 115 Å². The number of carbonyl (C=O) groups is 2. The van der Waals surface area contributed by atoms with E-state index in [0.717, 1.165) is 28.6 Å². The highest BCUT2D eigenvalue weighted by molar-refractivity contribution is 7.93. The van der Waals surface area contributed by atoms with Gasteiger partial charge in [-0.3, -0.25) is 9.10 Å². The number of amides is 1.